The molecule has 3 nitrogen and oxygen atoms in total. The van der Waals surface area contributed by atoms with E-state index in [1.807, 2.05) is 0 Å². The van der Waals surface area contributed by atoms with Gasteiger partial charge in [-0.3, -0.25) is 4.79 Å². The minimum atomic E-state index is -0.538. The number of anilines is 1. The molecule has 0 aliphatic carbocycles. The molecule has 0 radical (unpaired) electrons. The van der Waals surface area contributed by atoms with E-state index in [4.69, 9.17) is 11.6 Å². The van der Waals surface area contributed by atoms with E-state index in [2.05, 4.69) is 21.2 Å². The minimum absolute atomic E-state index is 0.0668. The molecule has 0 atom stereocenters. The zero-order valence-electron chi connectivity index (χ0n) is 10.4. The molecule has 0 bridgehead atoms. The molecule has 2 aromatic carbocycles. The Labute approximate surface area is 128 Å². The van der Waals surface area contributed by atoms with Crippen LogP contribution in [0, 0.1) is 12.7 Å². The van der Waals surface area contributed by atoms with E-state index >= 15 is 0 Å². The van der Waals surface area contributed by atoms with Gasteiger partial charge >= 0.3 is 0 Å². The van der Waals surface area contributed by atoms with Gasteiger partial charge in [-0.2, -0.15) is 0 Å². The second kappa shape index (κ2) is 5.81. The summed E-state index contributed by atoms with van der Waals surface area (Å²) in [4.78, 5) is 12.0. The lowest BCUT2D eigenvalue weighted by molar-refractivity contribution is 0.102. The van der Waals surface area contributed by atoms with E-state index in [1.54, 1.807) is 13.0 Å². The molecule has 2 aromatic rings. The third-order valence-corrected chi connectivity index (χ3v) is 3.56. The number of aromatic hydroxyl groups is 1. The number of aryl methyl sites for hydroxylation is 1. The van der Waals surface area contributed by atoms with Crippen molar-refractivity contribution in [2.24, 2.45) is 0 Å². The Morgan fingerprint density at radius 2 is 2.05 bits per heavy atom. The van der Waals surface area contributed by atoms with Gasteiger partial charge in [-0.05, 0) is 58.7 Å². The third-order valence-electron chi connectivity index (χ3n) is 2.72. The minimum Gasteiger partial charge on any atom is -0.507 e. The number of carbonyl (C=O) groups is 1. The third kappa shape index (κ3) is 3.11. The van der Waals surface area contributed by atoms with Crippen LogP contribution in [0.15, 0.2) is 34.8 Å². The maximum atomic E-state index is 13.5. The Morgan fingerprint density at radius 3 is 2.70 bits per heavy atom. The fourth-order valence-electron chi connectivity index (χ4n) is 1.67. The highest BCUT2D eigenvalue weighted by molar-refractivity contribution is 9.10. The lowest BCUT2D eigenvalue weighted by Gasteiger charge is -2.10. The summed E-state index contributed by atoms with van der Waals surface area (Å²) in [5.41, 5.74) is 1.10. The van der Waals surface area contributed by atoms with Gasteiger partial charge in [-0.1, -0.05) is 11.6 Å². The molecular formula is C14H10BrClFNO2. The first-order valence-corrected chi connectivity index (χ1v) is 6.81. The highest BCUT2D eigenvalue weighted by Gasteiger charge is 2.14. The maximum absolute atomic E-state index is 13.5. The van der Waals surface area contributed by atoms with Crippen molar-refractivity contribution in [2.75, 3.05) is 5.32 Å². The summed E-state index contributed by atoms with van der Waals surface area (Å²) >= 11 is 8.77. The molecular weight excluding hydrogens is 349 g/mol. The SMILES string of the molecule is Cc1cc(Br)c(F)cc1NC(=O)c1ccc(Cl)cc1O. The van der Waals surface area contributed by atoms with Gasteiger partial charge in [0, 0.05) is 10.7 Å². The largest absolute Gasteiger partial charge is 0.507 e. The fourth-order valence-corrected chi connectivity index (χ4v) is 2.29. The molecule has 1 amide bonds. The zero-order chi connectivity index (χ0) is 14.9. The molecule has 0 aliphatic heterocycles. The quantitative estimate of drug-likeness (QED) is 0.830. The average molecular weight is 359 g/mol. The van der Waals surface area contributed by atoms with Crippen LogP contribution in [0.3, 0.4) is 0 Å². The first-order valence-electron chi connectivity index (χ1n) is 5.64. The van der Waals surface area contributed by atoms with Gasteiger partial charge in [0.2, 0.25) is 0 Å². The molecule has 0 unspecified atom stereocenters. The molecule has 20 heavy (non-hydrogen) atoms. The second-order valence-corrected chi connectivity index (χ2v) is 5.49. The van der Waals surface area contributed by atoms with E-state index in [9.17, 15) is 14.3 Å². The van der Waals surface area contributed by atoms with Gasteiger partial charge in [0.15, 0.2) is 0 Å². The highest BCUT2D eigenvalue weighted by Crippen LogP contribution is 2.26. The van der Waals surface area contributed by atoms with Gasteiger partial charge in [0.25, 0.3) is 5.91 Å². The molecule has 0 aliphatic rings. The molecule has 0 saturated heterocycles. The number of amides is 1. The highest BCUT2D eigenvalue weighted by atomic mass is 79.9. The van der Waals surface area contributed by atoms with Crippen molar-refractivity contribution in [3.8, 4) is 5.75 Å². The van der Waals surface area contributed by atoms with Gasteiger partial charge in [0.05, 0.1) is 10.0 Å². The second-order valence-electron chi connectivity index (χ2n) is 4.20. The van der Waals surface area contributed by atoms with E-state index in [0.717, 1.165) is 0 Å². The Balaban J connectivity index is 2.30. The van der Waals surface area contributed by atoms with Crippen molar-refractivity contribution in [3.63, 3.8) is 0 Å². The Hall–Kier alpha value is -1.59. The maximum Gasteiger partial charge on any atom is 0.259 e. The summed E-state index contributed by atoms with van der Waals surface area (Å²) < 4.78 is 13.8. The normalized spacial score (nSPS) is 10.4. The predicted octanol–water partition coefficient (Wildman–Crippen LogP) is 4.51. The van der Waals surface area contributed by atoms with Crippen molar-refractivity contribution >= 4 is 39.1 Å². The summed E-state index contributed by atoms with van der Waals surface area (Å²) in [6, 6.07) is 6.94. The zero-order valence-corrected chi connectivity index (χ0v) is 12.7. The van der Waals surface area contributed by atoms with Crippen LogP contribution in [0.25, 0.3) is 0 Å². The molecule has 0 saturated carbocycles. The Kier molecular flexibility index (Phi) is 4.30. The van der Waals surface area contributed by atoms with Crippen LogP contribution in [-0.4, -0.2) is 11.0 Å². The Bertz CT molecular complexity index is 691. The predicted molar refractivity (Wildman–Crippen MR) is 79.9 cm³/mol. The van der Waals surface area contributed by atoms with E-state index < -0.39 is 11.7 Å². The van der Waals surface area contributed by atoms with Gasteiger partial charge < -0.3 is 10.4 Å². The summed E-state index contributed by atoms with van der Waals surface area (Å²) in [7, 11) is 0. The summed E-state index contributed by atoms with van der Waals surface area (Å²) in [5, 5.41) is 12.6. The number of rotatable bonds is 2. The van der Waals surface area contributed by atoms with Crippen molar-refractivity contribution in [2.45, 2.75) is 6.92 Å². The number of phenolic OH excluding ortho intramolecular Hbond substituents is 1. The molecule has 0 heterocycles. The molecule has 2 N–H and O–H groups in total. The van der Waals surface area contributed by atoms with Crippen LogP contribution in [0.5, 0.6) is 5.75 Å². The smallest absolute Gasteiger partial charge is 0.259 e. The van der Waals surface area contributed by atoms with Crippen LogP contribution < -0.4 is 5.32 Å². The number of carbonyl (C=O) groups excluding carboxylic acids is 1. The topological polar surface area (TPSA) is 49.3 Å². The number of hydrogen-bond acceptors (Lipinski definition) is 2. The standard InChI is InChI=1S/C14H10BrClFNO2/c1-7-4-10(15)11(17)6-12(7)18-14(20)9-3-2-8(16)5-13(9)19/h2-6,19H,1H3,(H,18,20). The molecule has 0 aromatic heterocycles. The lowest BCUT2D eigenvalue weighted by Crippen LogP contribution is -2.13. The van der Waals surface area contributed by atoms with Crippen LogP contribution in [-0.2, 0) is 0 Å². The Morgan fingerprint density at radius 1 is 1.35 bits per heavy atom. The monoisotopic (exact) mass is 357 g/mol. The molecule has 0 spiro atoms. The summed E-state index contributed by atoms with van der Waals surface area (Å²) in [6.45, 7) is 1.74. The number of phenols is 1. The van der Waals surface area contributed by atoms with Crippen molar-refractivity contribution in [1.82, 2.24) is 0 Å². The van der Waals surface area contributed by atoms with Crippen molar-refractivity contribution in [3.05, 3.63) is 56.8 Å². The first kappa shape index (κ1) is 14.8. The molecule has 6 heteroatoms. The number of hydrogen-bond donors (Lipinski definition) is 2. The van der Waals surface area contributed by atoms with Crippen LogP contribution in [0.1, 0.15) is 15.9 Å². The van der Waals surface area contributed by atoms with Gasteiger partial charge in [-0.25, -0.2) is 4.39 Å². The van der Waals surface area contributed by atoms with Crippen molar-refractivity contribution < 1.29 is 14.3 Å². The molecule has 0 fully saturated rings. The van der Waals surface area contributed by atoms with Crippen LogP contribution >= 0.6 is 27.5 Å². The first-order chi connectivity index (χ1) is 9.38. The van der Waals surface area contributed by atoms with E-state index in [0.29, 0.717) is 20.7 Å². The van der Waals surface area contributed by atoms with Crippen LogP contribution in [0.4, 0.5) is 10.1 Å². The fraction of sp³-hybridized carbons (Fsp3) is 0.0714. The number of benzene rings is 2. The van der Waals surface area contributed by atoms with Gasteiger partial charge in [0.1, 0.15) is 11.6 Å². The lowest BCUT2D eigenvalue weighted by atomic mass is 10.1. The van der Waals surface area contributed by atoms with Crippen molar-refractivity contribution in [1.29, 1.82) is 0 Å². The number of halogens is 3. The van der Waals surface area contributed by atoms with E-state index in [1.165, 1.54) is 24.3 Å². The average Bonchev–Trinajstić information content (AvgIpc) is 2.35. The summed E-state index contributed by atoms with van der Waals surface area (Å²) in [5.74, 6) is -1.25. The molecule has 104 valence electrons. The number of nitrogens with one attached hydrogen (secondary N) is 1. The van der Waals surface area contributed by atoms with Gasteiger partial charge in [-0.15, -0.1) is 0 Å². The van der Waals surface area contributed by atoms with E-state index in [-0.39, 0.29) is 11.3 Å². The van der Waals surface area contributed by atoms with Crippen LogP contribution in [0.2, 0.25) is 5.02 Å². The molecule has 2 rings (SSSR count). The summed E-state index contributed by atoms with van der Waals surface area (Å²) in [6.07, 6.45) is 0.